The largest absolute Gasteiger partial charge is 0.504 e. The zero-order chi connectivity index (χ0) is 16.6. The molecule has 5 nitrogen and oxygen atoms in total. The third-order valence-electron chi connectivity index (χ3n) is 3.57. The summed E-state index contributed by atoms with van der Waals surface area (Å²) in [4.78, 5) is 9.11. The maximum atomic E-state index is 13.3. The van der Waals surface area contributed by atoms with Crippen molar-refractivity contribution in [3.05, 3.63) is 30.0 Å². The molecule has 0 saturated carbocycles. The van der Waals surface area contributed by atoms with E-state index in [0.29, 0.717) is 34.8 Å². The van der Waals surface area contributed by atoms with Crippen LogP contribution in [0.4, 0.5) is 4.39 Å². The molecule has 0 aliphatic heterocycles. The number of hydrogen-bond donors (Lipinski definition) is 1. The van der Waals surface area contributed by atoms with E-state index in [2.05, 4.69) is 9.97 Å². The molecular formula is C15H16FN3O2S2. The molecule has 3 aromatic rings. The Morgan fingerprint density at radius 3 is 2.87 bits per heavy atom. The number of rotatable bonds is 5. The number of nitrogens with zero attached hydrogens (tertiary/aromatic N) is 3. The fourth-order valence-corrected chi connectivity index (χ4v) is 4.14. The molecule has 0 aliphatic rings. The Morgan fingerprint density at radius 1 is 1.43 bits per heavy atom. The van der Waals surface area contributed by atoms with Gasteiger partial charge in [0.05, 0.1) is 11.9 Å². The Balaban J connectivity index is 2.09. The quantitative estimate of drug-likeness (QED) is 0.766. The van der Waals surface area contributed by atoms with Gasteiger partial charge in [-0.25, -0.2) is 9.37 Å². The van der Waals surface area contributed by atoms with E-state index < -0.39 is 16.6 Å². The van der Waals surface area contributed by atoms with Crippen LogP contribution < -0.4 is 0 Å². The monoisotopic (exact) mass is 353 g/mol. The van der Waals surface area contributed by atoms with Gasteiger partial charge >= 0.3 is 0 Å². The lowest BCUT2D eigenvalue weighted by molar-refractivity contribution is 0.468. The standard InChI is InChI=1S/C15H16FN3O2S2/c1-3-19-11(4-5-23(2)21)13(20)12-15(19)22-14(18-12)9-6-10(16)8-17-7-9/h6-8,20H,3-5H2,1-2H3. The van der Waals surface area contributed by atoms with Gasteiger partial charge in [0.2, 0.25) is 0 Å². The molecule has 1 atom stereocenters. The molecule has 23 heavy (non-hydrogen) atoms. The highest BCUT2D eigenvalue weighted by Gasteiger charge is 2.21. The minimum absolute atomic E-state index is 0.124. The van der Waals surface area contributed by atoms with E-state index in [1.165, 1.54) is 17.4 Å². The zero-order valence-corrected chi connectivity index (χ0v) is 14.4. The van der Waals surface area contributed by atoms with E-state index in [-0.39, 0.29) is 5.75 Å². The second-order valence-electron chi connectivity index (χ2n) is 5.13. The van der Waals surface area contributed by atoms with Crippen LogP contribution in [-0.2, 0) is 23.8 Å². The molecule has 3 rings (SSSR count). The second kappa shape index (κ2) is 6.37. The summed E-state index contributed by atoms with van der Waals surface area (Å²) in [6.07, 6.45) is 4.87. The summed E-state index contributed by atoms with van der Waals surface area (Å²) in [7, 11) is -0.922. The first kappa shape index (κ1) is 16.1. The van der Waals surface area contributed by atoms with Crippen molar-refractivity contribution >= 4 is 32.5 Å². The van der Waals surface area contributed by atoms with E-state index in [9.17, 15) is 13.7 Å². The van der Waals surface area contributed by atoms with Gasteiger partial charge in [-0.1, -0.05) is 11.3 Å². The topological polar surface area (TPSA) is 68.0 Å². The van der Waals surface area contributed by atoms with Gasteiger partial charge in [-0.2, -0.15) is 0 Å². The minimum atomic E-state index is -0.922. The first-order valence-electron chi connectivity index (χ1n) is 7.13. The summed E-state index contributed by atoms with van der Waals surface area (Å²) in [6, 6.07) is 1.37. The average molecular weight is 353 g/mol. The number of pyridine rings is 1. The lowest BCUT2D eigenvalue weighted by Crippen LogP contribution is -2.05. The van der Waals surface area contributed by atoms with Crippen LogP contribution in [-0.4, -0.2) is 35.9 Å². The molecule has 1 N–H and O–H groups in total. The number of halogens is 1. The van der Waals surface area contributed by atoms with Crippen LogP contribution in [0.2, 0.25) is 0 Å². The number of aromatic hydroxyl groups is 1. The molecule has 0 radical (unpaired) electrons. The molecule has 1 unspecified atom stereocenters. The van der Waals surface area contributed by atoms with Crippen molar-refractivity contribution < 1.29 is 13.7 Å². The van der Waals surface area contributed by atoms with Gasteiger partial charge in [0.25, 0.3) is 0 Å². The van der Waals surface area contributed by atoms with Crippen LogP contribution in [0.5, 0.6) is 5.75 Å². The lowest BCUT2D eigenvalue weighted by atomic mass is 10.3. The van der Waals surface area contributed by atoms with E-state index in [4.69, 9.17) is 0 Å². The molecule has 0 spiro atoms. The zero-order valence-electron chi connectivity index (χ0n) is 12.7. The fourth-order valence-electron chi connectivity index (χ4n) is 2.52. The van der Waals surface area contributed by atoms with Crippen LogP contribution >= 0.6 is 11.3 Å². The van der Waals surface area contributed by atoms with Crippen molar-refractivity contribution in [2.75, 3.05) is 12.0 Å². The smallest absolute Gasteiger partial charge is 0.164 e. The predicted octanol–water partition coefficient (Wildman–Crippen LogP) is 2.95. The maximum absolute atomic E-state index is 13.3. The maximum Gasteiger partial charge on any atom is 0.164 e. The Kier molecular flexibility index (Phi) is 4.45. The summed E-state index contributed by atoms with van der Waals surface area (Å²) < 4.78 is 26.6. The van der Waals surface area contributed by atoms with Gasteiger partial charge in [0.1, 0.15) is 21.2 Å². The SMILES string of the molecule is CCn1c(CCS(C)=O)c(O)c2nc(-c3cncc(F)c3)sc21. The minimum Gasteiger partial charge on any atom is -0.504 e. The first-order chi connectivity index (χ1) is 11.0. The normalized spacial score (nSPS) is 12.8. The number of aryl methyl sites for hydroxylation is 1. The Morgan fingerprint density at radius 2 is 2.22 bits per heavy atom. The van der Waals surface area contributed by atoms with E-state index in [0.717, 1.165) is 16.7 Å². The number of aromatic nitrogens is 3. The van der Waals surface area contributed by atoms with Gasteiger partial charge < -0.3 is 9.67 Å². The van der Waals surface area contributed by atoms with Crippen LogP contribution in [0.3, 0.4) is 0 Å². The van der Waals surface area contributed by atoms with Crippen LogP contribution in [0.25, 0.3) is 20.9 Å². The van der Waals surface area contributed by atoms with E-state index in [1.54, 1.807) is 12.5 Å². The van der Waals surface area contributed by atoms with Crippen LogP contribution in [0.15, 0.2) is 18.5 Å². The summed E-state index contributed by atoms with van der Waals surface area (Å²) in [5.74, 6) is 0.196. The molecule has 8 heteroatoms. The fraction of sp³-hybridized carbons (Fsp3) is 0.333. The summed E-state index contributed by atoms with van der Waals surface area (Å²) in [5, 5.41) is 11.1. The molecular weight excluding hydrogens is 337 g/mol. The van der Waals surface area contributed by atoms with Gasteiger partial charge in [0, 0.05) is 47.5 Å². The number of thiazole rings is 1. The predicted molar refractivity (Wildman–Crippen MR) is 90.8 cm³/mol. The molecule has 0 fully saturated rings. The highest BCUT2D eigenvalue weighted by Crippen LogP contribution is 2.39. The highest BCUT2D eigenvalue weighted by molar-refractivity contribution is 7.84. The summed E-state index contributed by atoms with van der Waals surface area (Å²) in [6.45, 7) is 2.65. The highest BCUT2D eigenvalue weighted by atomic mass is 32.2. The Hall–Kier alpha value is -1.80. The molecule has 0 amide bonds. The van der Waals surface area contributed by atoms with Crippen molar-refractivity contribution in [3.8, 4) is 16.3 Å². The number of fused-ring (bicyclic) bond motifs is 1. The van der Waals surface area contributed by atoms with Gasteiger partial charge in [-0.3, -0.25) is 9.19 Å². The van der Waals surface area contributed by atoms with Gasteiger partial charge in [0.15, 0.2) is 5.75 Å². The second-order valence-corrected chi connectivity index (χ2v) is 7.66. The van der Waals surface area contributed by atoms with Gasteiger partial charge in [-0.05, 0) is 13.0 Å². The Bertz CT molecular complexity index is 888. The molecule has 0 aromatic carbocycles. The van der Waals surface area contributed by atoms with Crippen molar-refractivity contribution in [2.45, 2.75) is 19.9 Å². The third-order valence-corrected chi connectivity index (χ3v) is 5.48. The Labute approximate surface area is 139 Å². The van der Waals surface area contributed by atoms with Gasteiger partial charge in [-0.15, -0.1) is 0 Å². The van der Waals surface area contributed by atoms with E-state index >= 15 is 0 Å². The van der Waals surface area contributed by atoms with Crippen molar-refractivity contribution in [3.63, 3.8) is 0 Å². The molecule has 3 aromatic heterocycles. The van der Waals surface area contributed by atoms with Crippen molar-refractivity contribution in [2.24, 2.45) is 0 Å². The molecule has 0 saturated heterocycles. The summed E-state index contributed by atoms with van der Waals surface area (Å²) in [5.41, 5.74) is 1.85. The van der Waals surface area contributed by atoms with Crippen molar-refractivity contribution in [1.29, 1.82) is 0 Å². The molecule has 0 aliphatic carbocycles. The lowest BCUT2D eigenvalue weighted by Gasteiger charge is -2.06. The first-order valence-corrected chi connectivity index (χ1v) is 9.67. The van der Waals surface area contributed by atoms with Crippen LogP contribution in [0.1, 0.15) is 12.6 Å². The van der Waals surface area contributed by atoms with Crippen LogP contribution in [0, 0.1) is 5.82 Å². The molecule has 0 bridgehead atoms. The van der Waals surface area contributed by atoms with Crippen molar-refractivity contribution in [1.82, 2.24) is 14.5 Å². The summed E-state index contributed by atoms with van der Waals surface area (Å²) >= 11 is 1.39. The number of hydrogen-bond acceptors (Lipinski definition) is 5. The average Bonchev–Trinajstić information content (AvgIpc) is 3.04. The molecule has 3 heterocycles. The molecule has 122 valence electrons. The van der Waals surface area contributed by atoms with E-state index in [1.807, 2.05) is 11.5 Å². The third kappa shape index (κ3) is 3.00.